The van der Waals surface area contributed by atoms with E-state index in [2.05, 4.69) is 27.8 Å². The first-order chi connectivity index (χ1) is 13.9. The number of rotatable bonds is 5. The minimum Gasteiger partial charge on any atom is -0.507 e. The van der Waals surface area contributed by atoms with Gasteiger partial charge in [0.1, 0.15) is 10.8 Å². The van der Waals surface area contributed by atoms with Crippen LogP contribution < -0.4 is 10.6 Å². The fraction of sp³-hybridized carbons (Fsp3) is 0.409. The third-order valence-electron chi connectivity index (χ3n) is 5.72. The molecule has 7 heteroatoms. The number of nitrogens with zero attached hydrogens (tertiary/aromatic N) is 2. The average molecular weight is 411 g/mol. The van der Waals surface area contributed by atoms with Gasteiger partial charge in [0.05, 0.1) is 5.69 Å². The quantitative estimate of drug-likeness (QED) is 0.655. The summed E-state index contributed by atoms with van der Waals surface area (Å²) in [5, 5.41) is 26.8. The lowest BCUT2D eigenvalue weighted by molar-refractivity contribution is -0.115. The smallest absolute Gasteiger partial charge is 0.243 e. The van der Waals surface area contributed by atoms with Crippen molar-refractivity contribution < 1.29 is 9.90 Å². The van der Waals surface area contributed by atoms with E-state index in [4.69, 9.17) is 0 Å². The van der Waals surface area contributed by atoms with Crippen LogP contribution >= 0.6 is 11.8 Å². The van der Waals surface area contributed by atoms with Crippen LogP contribution in [0.1, 0.15) is 38.2 Å². The van der Waals surface area contributed by atoms with Crippen molar-refractivity contribution >= 4 is 23.7 Å². The molecule has 3 heterocycles. The van der Waals surface area contributed by atoms with E-state index in [0.29, 0.717) is 22.5 Å². The molecule has 0 unspecified atom stereocenters. The lowest BCUT2D eigenvalue weighted by Gasteiger charge is -2.35. The molecule has 2 aliphatic rings. The largest absolute Gasteiger partial charge is 0.507 e. The zero-order chi connectivity index (χ0) is 20.4. The molecular weight excluding hydrogens is 384 g/mol. The molecule has 0 radical (unpaired) electrons. The van der Waals surface area contributed by atoms with Crippen molar-refractivity contribution in [1.29, 1.82) is 0 Å². The standard InChI is InChI=1S/C22H26N4O2S/c1-22-10-9-15(24-22)12-16(13-22)29-21-8-6-18(25-26-21)17-5-3-14(11-19(17)27)4-7-20(28)23-2/h3-8,11,15-16,24,27H,9-10,12-13H2,1-2H3,(H,23,28)/b7-4+/t15-,16-,22+/m1/s1. The van der Waals surface area contributed by atoms with Crippen LogP contribution in [0.3, 0.4) is 0 Å². The Morgan fingerprint density at radius 2 is 2.21 bits per heavy atom. The van der Waals surface area contributed by atoms with Crippen LogP contribution in [0.2, 0.25) is 0 Å². The summed E-state index contributed by atoms with van der Waals surface area (Å²) in [4.78, 5) is 11.3. The number of carbonyl (C=O) groups is 1. The van der Waals surface area contributed by atoms with E-state index in [0.717, 1.165) is 17.0 Å². The molecule has 1 aromatic carbocycles. The monoisotopic (exact) mass is 410 g/mol. The van der Waals surface area contributed by atoms with Crippen molar-refractivity contribution in [3.63, 3.8) is 0 Å². The molecule has 1 aromatic heterocycles. The van der Waals surface area contributed by atoms with E-state index in [9.17, 15) is 9.90 Å². The van der Waals surface area contributed by atoms with Crippen molar-refractivity contribution in [2.45, 2.75) is 54.5 Å². The zero-order valence-corrected chi connectivity index (χ0v) is 17.5. The average Bonchev–Trinajstić information content (AvgIpc) is 2.99. The highest BCUT2D eigenvalue weighted by Crippen LogP contribution is 2.42. The molecule has 6 nitrogen and oxygen atoms in total. The Balaban J connectivity index is 1.44. The summed E-state index contributed by atoms with van der Waals surface area (Å²) in [7, 11) is 1.57. The number of carbonyl (C=O) groups excluding carboxylic acids is 1. The fourth-order valence-corrected chi connectivity index (χ4v) is 5.64. The maximum absolute atomic E-state index is 11.3. The Labute approximate surface area is 175 Å². The number of nitrogens with one attached hydrogen (secondary N) is 2. The Morgan fingerprint density at radius 3 is 2.90 bits per heavy atom. The summed E-state index contributed by atoms with van der Waals surface area (Å²) in [5.74, 6) is -0.0788. The maximum Gasteiger partial charge on any atom is 0.243 e. The summed E-state index contributed by atoms with van der Waals surface area (Å²) < 4.78 is 0. The van der Waals surface area contributed by atoms with Crippen LogP contribution in [-0.2, 0) is 4.79 Å². The van der Waals surface area contributed by atoms with Crippen LogP contribution in [0.4, 0.5) is 0 Å². The highest BCUT2D eigenvalue weighted by molar-refractivity contribution is 7.99. The molecule has 1 amide bonds. The van der Waals surface area contributed by atoms with Gasteiger partial charge in [-0.3, -0.25) is 4.79 Å². The third-order valence-corrected chi connectivity index (χ3v) is 6.87. The second-order valence-corrected chi connectivity index (χ2v) is 9.42. The van der Waals surface area contributed by atoms with Crippen molar-refractivity contribution in [3.8, 4) is 17.0 Å². The molecule has 3 N–H and O–H groups in total. The van der Waals surface area contributed by atoms with Gasteiger partial charge in [0.2, 0.25) is 5.91 Å². The van der Waals surface area contributed by atoms with E-state index in [1.54, 1.807) is 25.3 Å². The van der Waals surface area contributed by atoms with E-state index in [1.807, 2.05) is 30.0 Å². The third kappa shape index (κ3) is 4.62. The van der Waals surface area contributed by atoms with E-state index in [-0.39, 0.29) is 17.2 Å². The van der Waals surface area contributed by atoms with Crippen LogP contribution in [0.5, 0.6) is 5.75 Å². The SMILES string of the molecule is CNC(=O)/C=C/c1ccc(-c2ccc(S[C@@H]3C[C@H]4CC[C@@](C)(C3)N4)nn2)c(O)c1. The van der Waals surface area contributed by atoms with E-state index >= 15 is 0 Å². The predicted molar refractivity (Wildman–Crippen MR) is 116 cm³/mol. The number of likely N-dealkylation sites (N-methyl/N-ethyl adjacent to an activating group) is 1. The number of aromatic nitrogens is 2. The van der Waals surface area contributed by atoms with Crippen LogP contribution in [0.15, 0.2) is 41.4 Å². The van der Waals surface area contributed by atoms with Gasteiger partial charge in [-0.05, 0) is 68.5 Å². The van der Waals surface area contributed by atoms with Crippen LogP contribution in [-0.4, -0.2) is 45.1 Å². The number of phenols is 1. The van der Waals surface area contributed by atoms with Crippen LogP contribution in [0, 0.1) is 0 Å². The molecule has 2 saturated heterocycles. The highest BCUT2D eigenvalue weighted by atomic mass is 32.2. The fourth-order valence-electron chi connectivity index (χ4n) is 4.28. The molecule has 0 aliphatic carbocycles. The highest BCUT2D eigenvalue weighted by Gasteiger charge is 2.42. The van der Waals surface area contributed by atoms with Crippen molar-refractivity contribution in [2.24, 2.45) is 0 Å². The second-order valence-electron chi connectivity index (χ2n) is 8.10. The van der Waals surface area contributed by atoms with Crippen molar-refractivity contribution in [2.75, 3.05) is 7.05 Å². The first kappa shape index (κ1) is 19.9. The number of aromatic hydroxyl groups is 1. The summed E-state index contributed by atoms with van der Waals surface area (Å²) in [6, 6.07) is 9.77. The van der Waals surface area contributed by atoms with E-state index < -0.39 is 0 Å². The molecule has 2 bridgehead atoms. The van der Waals surface area contributed by atoms with Gasteiger partial charge >= 0.3 is 0 Å². The Hall–Kier alpha value is -2.38. The van der Waals surface area contributed by atoms with Gasteiger partial charge in [0.15, 0.2) is 0 Å². The lowest BCUT2D eigenvalue weighted by atomic mass is 9.93. The first-order valence-electron chi connectivity index (χ1n) is 9.95. The van der Waals surface area contributed by atoms with Gasteiger partial charge < -0.3 is 15.7 Å². The number of benzene rings is 1. The van der Waals surface area contributed by atoms with Crippen LogP contribution in [0.25, 0.3) is 17.3 Å². The molecule has 0 saturated carbocycles. The number of hydrogen-bond donors (Lipinski definition) is 3. The second kappa shape index (κ2) is 8.16. The molecule has 29 heavy (non-hydrogen) atoms. The number of hydrogen-bond acceptors (Lipinski definition) is 6. The minimum absolute atomic E-state index is 0.113. The number of piperidine rings is 1. The van der Waals surface area contributed by atoms with Gasteiger partial charge in [-0.15, -0.1) is 22.0 Å². The Kier molecular flexibility index (Phi) is 5.61. The summed E-state index contributed by atoms with van der Waals surface area (Å²) in [6.07, 6.45) is 7.94. The van der Waals surface area contributed by atoms with Gasteiger partial charge in [0.25, 0.3) is 0 Å². The summed E-state index contributed by atoms with van der Waals surface area (Å²) in [5.41, 5.74) is 2.27. The number of thioether (sulfide) groups is 1. The summed E-state index contributed by atoms with van der Waals surface area (Å²) in [6.45, 7) is 2.32. The van der Waals surface area contributed by atoms with Gasteiger partial charge in [0, 0.05) is 35.5 Å². The molecule has 4 rings (SSSR count). The van der Waals surface area contributed by atoms with Gasteiger partial charge in [-0.1, -0.05) is 6.07 Å². The molecular formula is C22H26N4O2S. The Morgan fingerprint density at radius 1 is 1.34 bits per heavy atom. The number of amides is 1. The molecule has 152 valence electrons. The summed E-state index contributed by atoms with van der Waals surface area (Å²) >= 11 is 1.81. The lowest BCUT2D eigenvalue weighted by Crippen LogP contribution is -2.48. The Bertz CT molecular complexity index is 931. The molecule has 0 spiro atoms. The normalized spacial score (nSPS) is 26.0. The maximum atomic E-state index is 11.3. The predicted octanol–water partition coefficient (Wildman–Crippen LogP) is 3.37. The minimum atomic E-state index is -0.191. The van der Waals surface area contributed by atoms with Crippen molar-refractivity contribution in [1.82, 2.24) is 20.8 Å². The van der Waals surface area contributed by atoms with Gasteiger partial charge in [-0.25, -0.2) is 0 Å². The van der Waals surface area contributed by atoms with Gasteiger partial charge in [-0.2, -0.15) is 0 Å². The molecule has 2 fully saturated rings. The zero-order valence-electron chi connectivity index (χ0n) is 16.7. The molecule has 3 atom stereocenters. The van der Waals surface area contributed by atoms with E-state index in [1.165, 1.54) is 25.3 Å². The molecule has 2 aromatic rings. The molecule has 2 aliphatic heterocycles. The first-order valence-corrected chi connectivity index (χ1v) is 10.8. The van der Waals surface area contributed by atoms with Crippen molar-refractivity contribution in [3.05, 3.63) is 42.0 Å². The number of fused-ring (bicyclic) bond motifs is 2. The topological polar surface area (TPSA) is 87.1 Å². The number of phenolic OH excluding ortho intramolecular Hbond substituents is 1.